The van der Waals surface area contributed by atoms with Crippen molar-refractivity contribution in [1.82, 2.24) is 9.80 Å². The number of rotatable bonds is 4. The lowest BCUT2D eigenvalue weighted by molar-refractivity contribution is -0.137. The van der Waals surface area contributed by atoms with Crippen molar-refractivity contribution < 1.29 is 22.8 Å². The van der Waals surface area contributed by atoms with Crippen LogP contribution in [0.1, 0.15) is 53.1 Å². The fourth-order valence-electron chi connectivity index (χ4n) is 5.10. The highest BCUT2D eigenvalue weighted by molar-refractivity contribution is 5.96. The first kappa shape index (κ1) is 24.8. The second-order valence-corrected chi connectivity index (χ2v) is 9.49. The Morgan fingerprint density at radius 1 is 0.943 bits per heavy atom. The zero-order chi connectivity index (χ0) is 25.0. The Bertz CT molecular complexity index is 1070. The summed E-state index contributed by atoms with van der Waals surface area (Å²) in [6, 6.07) is 16.2. The van der Waals surface area contributed by atoms with Gasteiger partial charge in [0.25, 0.3) is 0 Å². The third-order valence-electron chi connectivity index (χ3n) is 7.04. The van der Waals surface area contributed by atoms with E-state index in [1.54, 1.807) is 34.1 Å². The number of likely N-dealkylation sites (tertiary alicyclic amines) is 2. The lowest BCUT2D eigenvalue weighted by Gasteiger charge is -2.41. The molecule has 0 saturated carbocycles. The predicted molar refractivity (Wildman–Crippen MR) is 125 cm³/mol. The highest BCUT2D eigenvalue weighted by Gasteiger charge is 2.36. The predicted octanol–water partition coefficient (Wildman–Crippen LogP) is 5.74. The number of benzene rings is 2. The molecule has 35 heavy (non-hydrogen) atoms. The molecule has 2 saturated heterocycles. The Kier molecular flexibility index (Phi) is 7.44. The van der Waals surface area contributed by atoms with Crippen molar-refractivity contribution >= 4 is 11.8 Å². The van der Waals surface area contributed by atoms with E-state index in [0.29, 0.717) is 51.0 Å². The number of hydrogen-bond donors (Lipinski definition) is 0. The summed E-state index contributed by atoms with van der Waals surface area (Å²) in [5, 5.41) is 9.14. The molecule has 2 aromatic carbocycles. The van der Waals surface area contributed by atoms with E-state index in [4.69, 9.17) is 5.26 Å². The van der Waals surface area contributed by atoms with E-state index in [-0.39, 0.29) is 36.0 Å². The number of carbonyl (C=O) groups excluding carboxylic acids is 2. The van der Waals surface area contributed by atoms with E-state index in [2.05, 4.69) is 6.07 Å². The van der Waals surface area contributed by atoms with Gasteiger partial charge in [0.15, 0.2) is 5.78 Å². The lowest BCUT2D eigenvalue weighted by Crippen LogP contribution is -2.51. The molecule has 0 N–H and O–H groups in total. The lowest BCUT2D eigenvalue weighted by atomic mass is 9.81. The number of piperidine rings is 2. The summed E-state index contributed by atoms with van der Waals surface area (Å²) in [6.45, 7) is 1.82. The zero-order valence-corrected chi connectivity index (χ0v) is 19.4. The molecule has 0 aromatic heterocycles. The first-order chi connectivity index (χ1) is 16.7. The first-order valence-electron chi connectivity index (χ1n) is 11.9. The molecule has 8 heteroatoms. The number of amides is 2. The van der Waals surface area contributed by atoms with Gasteiger partial charge in [-0.05, 0) is 42.9 Å². The fourth-order valence-corrected chi connectivity index (χ4v) is 5.10. The highest BCUT2D eigenvalue weighted by atomic mass is 19.4. The van der Waals surface area contributed by atoms with Crippen molar-refractivity contribution in [3.63, 3.8) is 0 Å². The largest absolute Gasteiger partial charge is 0.416 e. The van der Waals surface area contributed by atoms with Gasteiger partial charge >= 0.3 is 12.2 Å². The minimum atomic E-state index is -4.41. The summed E-state index contributed by atoms with van der Waals surface area (Å²) in [4.78, 5) is 29.7. The Morgan fingerprint density at radius 3 is 2.20 bits per heavy atom. The molecule has 2 amide bonds. The third kappa shape index (κ3) is 6.02. The van der Waals surface area contributed by atoms with Crippen molar-refractivity contribution in [2.45, 2.75) is 37.8 Å². The van der Waals surface area contributed by atoms with Crippen LogP contribution in [0.5, 0.6) is 0 Å². The van der Waals surface area contributed by atoms with Crippen LogP contribution in [0.15, 0.2) is 54.6 Å². The summed E-state index contributed by atoms with van der Waals surface area (Å²) in [7, 11) is 0. The van der Waals surface area contributed by atoms with Crippen molar-refractivity contribution in [2.24, 2.45) is 11.8 Å². The summed E-state index contributed by atoms with van der Waals surface area (Å²) >= 11 is 0. The number of nitrogens with zero attached hydrogens (tertiary/aromatic N) is 3. The molecule has 2 unspecified atom stereocenters. The molecule has 2 aliphatic heterocycles. The van der Waals surface area contributed by atoms with Crippen LogP contribution in [-0.2, 0) is 6.18 Å². The normalized spacial score (nSPS) is 21.4. The summed E-state index contributed by atoms with van der Waals surface area (Å²) in [5.74, 6) is -0.327. The van der Waals surface area contributed by atoms with Crippen LogP contribution < -0.4 is 0 Å². The zero-order valence-electron chi connectivity index (χ0n) is 19.4. The number of alkyl halides is 3. The van der Waals surface area contributed by atoms with E-state index in [0.717, 1.165) is 17.7 Å². The average Bonchev–Trinajstić information content (AvgIpc) is 2.88. The molecule has 2 heterocycles. The molecule has 2 aliphatic rings. The highest BCUT2D eigenvalue weighted by Crippen LogP contribution is 2.35. The van der Waals surface area contributed by atoms with Crippen LogP contribution >= 0.6 is 0 Å². The van der Waals surface area contributed by atoms with Crippen molar-refractivity contribution in [3.8, 4) is 6.07 Å². The minimum Gasteiger partial charge on any atom is -0.325 e. The smallest absolute Gasteiger partial charge is 0.325 e. The molecule has 184 valence electrons. The molecule has 0 bridgehead atoms. The summed E-state index contributed by atoms with van der Waals surface area (Å²) < 4.78 is 39.1. The van der Waals surface area contributed by atoms with Crippen LogP contribution in [-0.4, -0.2) is 47.8 Å². The molecule has 5 nitrogen and oxygen atoms in total. The summed E-state index contributed by atoms with van der Waals surface area (Å²) in [5.41, 5.74) is 0.637. The quantitative estimate of drug-likeness (QED) is 0.521. The van der Waals surface area contributed by atoms with Crippen LogP contribution in [0, 0.1) is 23.2 Å². The Labute approximate surface area is 203 Å². The van der Waals surface area contributed by atoms with Gasteiger partial charge in [0.05, 0.1) is 11.6 Å². The van der Waals surface area contributed by atoms with Crippen LogP contribution in [0.3, 0.4) is 0 Å². The fraction of sp³-hybridized carbons (Fsp3) is 0.444. The number of carbonyl (C=O) groups is 2. The molecule has 0 aliphatic carbocycles. The van der Waals surface area contributed by atoms with Crippen molar-refractivity contribution in [3.05, 3.63) is 71.3 Å². The van der Waals surface area contributed by atoms with Gasteiger partial charge in [0.2, 0.25) is 0 Å². The summed E-state index contributed by atoms with van der Waals surface area (Å²) in [6.07, 6.45) is -2.26. The molecule has 2 atom stereocenters. The van der Waals surface area contributed by atoms with Crippen molar-refractivity contribution in [1.29, 1.82) is 5.26 Å². The van der Waals surface area contributed by atoms with Gasteiger partial charge in [-0.25, -0.2) is 4.79 Å². The second-order valence-electron chi connectivity index (χ2n) is 9.49. The van der Waals surface area contributed by atoms with Gasteiger partial charge in [-0.3, -0.25) is 4.79 Å². The number of Topliss-reactive ketones (excluding diaryl/α,β-unsaturated/α-hetero) is 1. The minimum absolute atomic E-state index is 0.00842. The molecule has 4 rings (SSSR count). The maximum atomic E-state index is 13.3. The molecular formula is C27H28F3N3O2. The van der Waals surface area contributed by atoms with Gasteiger partial charge in [-0.15, -0.1) is 0 Å². The monoisotopic (exact) mass is 483 g/mol. The Balaban J connectivity index is 1.52. The number of ketones is 1. The van der Waals surface area contributed by atoms with Crippen LogP contribution in [0.2, 0.25) is 0 Å². The average molecular weight is 484 g/mol. The van der Waals surface area contributed by atoms with E-state index >= 15 is 0 Å². The molecule has 0 spiro atoms. The van der Waals surface area contributed by atoms with Gasteiger partial charge < -0.3 is 9.80 Å². The van der Waals surface area contributed by atoms with Gasteiger partial charge in [0, 0.05) is 50.0 Å². The molecule has 0 radical (unpaired) electrons. The molecule has 2 fully saturated rings. The number of hydrogen-bond acceptors (Lipinski definition) is 3. The van der Waals surface area contributed by atoms with Gasteiger partial charge in [-0.1, -0.05) is 42.5 Å². The van der Waals surface area contributed by atoms with E-state index in [1.165, 1.54) is 12.1 Å². The van der Waals surface area contributed by atoms with Crippen LogP contribution in [0.25, 0.3) is 0 Å². The SMILES string of the molecule is N#CC1CCN(C(=O)N2CC(CC(=O)c3ccccc3)CC(c3ccc(C(F)(F)F)cc3)C2)CC1. The number of halogens is 3. The second kappa shape index (κ2) is 10.5. The van der Waals surface area contributed by atoms with Gasteiger partial charge in [-0.2, -0.15) is 18.4 Å². The molecule has 2 aromatic rings. The topological polar surface area (TPSA) is 64.4 Å². The van der Waals surface area contributed by atoms with Crippen LogP contribution in [0.4, 0.5) is 18.0 Å². The Hall–Kier alpha value is -3.34. The van der Waals surface area contributed by atoms with E-state index in [1.807, 2.05) is 6.07 Å². The molecular weight excluding hydrogens is 455 g/mol. The maximum Gasteiger partial charge on any atom is 0.416 e. The maximum absolute atomic E-state index is 13.3. The van der Waals surface area contributed by atoms with Gasteiger partial charge in [0.1, 0.15) is 0 Å². The Morgan fingerprint density at radius 2 is 1.60 bits per heavy atom. The standard InChI is InChI=1S/C27H28F3N3O2/c28-27(29,30)24-8-6-21(7-9-24)23-14-20(15-25(34)22-4-2-1-3-5-22)17-33(18-23)26(35)32-12-10-19(16-31)11-13-32/h1-9,19-20,23H,10-15,17-18H2. The van der Waals surface area contributed by atoms with E-state index < -0.39 is 11.7 Å². The number of urea groups is 1. The van der Waals surface area contributed by atoms with E-state index in [9.17, 15) is 22.8 Å². The first-order valence-corrected chi connectivity index (χ1v) is 11.9. The number of nitriles is 1. The third-order valence-corrected chi connectivity index (χ3v) is 7.04. The van der Waals surface area contributed by atoms with Crippen molar-refractivity contribution in [2.75, 3.05) is 26.2 Å².